The Bertz CT molecular complexity index is 248. The lowest BCUT2D eigenvalue weighted by Gasteiger charge is -2.39. The van der Waals surface area contributed by atoms with E-state index in [4.69, 9.17) is 5.73 Å². The van der Waals surface area contributed by atoms with Gasteiger partial charge in [-0.25, -0.2) is 0 Å². The highest BCUT2D eigenvalue weighted by atomic mass is 15.1. The predicted octanol–water partition coefficient (Wildman–Crippen LogP) is 3.26. The summed E-state index contributed by atoms with van der Waals surface area (Å²) in [6, 6.07) is 0.497. The van der Waals surface area contributed by atoms with Crippen LogP contribution in [0.1, 0.15) is 59.3 Å². The van der Waals surface area contributed by atoms with Crippen molar-refractivity contribution in [3.05, 3.63) is 0 Å². The Hall–Kier alpha value is -0.0800. The fraction of sp³-hybridized carbons (Fsp3) is 1.00. The van der Waals surface area contributed by atoms with Crippen LogP contribution in [0.25, 0.3) is 0 Å². The molecule has 0 aromatic rings. The van der Waals surface area contributed by atoms with Crippen LogP contribution in [0.4, 0.5) is 0 Å². The van der Waals surface area contributed by atoms with E-state index in [1.807, 2.05) is 0 Å². The molecule has 2 N–H and O–H groups in total. The van der Waals surface area contributed by atoms with E-state index in [0.717, 1.165) is 11.8 Å². The Kier molecular flexibility index (Phi) is 4.71. The topological polar surface area (TPSA) is 29.3 Å². The van der Waals surface area contributed by atoms with Gasteiger partial charge in [-0.2, -0.15) is 0 Å². The van der Waals surface area contributed by atoms with Crippen LogP contribution in [0.5, 0.6) is 0 Å². The quantitative estimate of drug-likeness (QED) is 0.835. The van der Waals surface area contributed by atoms with Crippen molar-refractivity contribution in [1.82, 2.24) is 4.90 Å². The lowest BCUT2D eigenvalue weighted by Crippen LogP contribution is -2.39. The number of nitrogens with zero attached hydrogens (tertiary/aromatic N) is 1. The molecule has 1 saturated heterocycles. The number of rotatable bonds is 3. The summed E-state index contributed by atoms with van der Waals surface area (Å²) >= 11 is 0. The molecule has 2 nitrogen and oxygen atoms in total. The van der Waals surface area contributed by atoms with Crippen molar-refractivity contribution in [2.24, 2.45) is 23.0 Å². The summed E-state index contributed by atoms with van der Waals surface area (Å²) in [7, 11) is 0. The number of hydrogen-bond donors (Lipinski definition) is 1. The minimum atomic E-state index is 0.497. The first-order valence-electron chi connectivity index (χ1n) is 7.95. The summed E-state index contributed by atoms with van der Waals surface area (Å²) in [6.07, 6.45) is 8.11. The molecule has 0 amide bonds. The van der Waals surface area contributed by atoms with Crippen molar-refractivity contribution in [3.63, 3.8) is 0 Å². The van der Waals surface area contributed by atoms with Crippen LogP contribution in [0.2, 0.25) is 0 Å². The Morgan fingerprint density at radius 3 is 2.22 bits per heavy atom. The Morgan fingerprint density at radius 2 is 1.72 bits per heavy atom. The van der Waals surface area contributed by atoms with Gasteiger partial charge in [-0.1, -0.05) is 27.2 Å². The first-order chi connectivity index (χ1) is 8.47. The Labute approximate surface area is 113 Å². The second kappa shape index (κ2) is 5.92. The summed E-state index contributed by atoms with van der Waals surface area (Å²) in [4.78, 5) is 2.67. The third-order valence-corrected chi connectivity index (χ3v) is 5.35. The van der Waals surface area contributed by atoms with Crippen molar-refractivity contribution >= 4 is 0 Å². The monoisotopic (exact) mass is 252 g/mol. The highest BCUT2D eigenvalue weighted by Crippen LogP contribution is 2.34. The van der Waals surface area contributed by atoms with Crippen LogP contribution >= 0.6 is 0 Å². The lowest BCUT2D eigenvalue weighted by molar-refractivity contribution is 0.107. The average molecular weight is 252 g/mol. The molecule has 1 heterocycles. The maximum atomic E-state index is 6.16. The molecule has 0 radical (unpaired) electrons. The fourth-order valence-corrected chi connectivity index (χ4v) is 3.79. The van der Waals surface area contributed by atoms with Crippen LogP contribution in [0.15, 0.2) is 0 Å². The molecular weight excluding hydrogens is 220 g/mol. The molecule has 2 fully saturated rings. The van der Waals surface area contributed by atoms with Crippen LogP contribution in [0, 0.1) is 17.3 Å². The van der Waals surface area contributed by atoms with Crippen LogP contribution in [-0.4, -0.2) is 30.6 Å². The molecule has 1 saturated carbocycles. The molecule has 1 aliphatic carbocycles. The van der Waals surface area contributed by atoms with E-state index in [1.54, 1.807) is 0 Å². The predicted molar refractivity (Wildman–Crippen MR) is 78.6 cm³/mol. The number of piperidine rings is 1. The molecule has 2 heteroatoms. The average Bonchev–Trinajstić information content (AvgIpc) is 2.72. The molecule has 106 valence electrons. The Morgan fingerprint density at radius 1 is 1.06 bits per heavy atom. The maximum Gasteiger partial charge on any atom is 0.00676 e. The van der Waals surface area contributed by atoms with Gasteiger partial charge in [0.15, 0.2) is 0 Å². The van der Waals surface area contributed by atoms with Crippen molar-refractivity contribution in [2.45, 2.75) is 65.3 Å². The molecule has 2 rings (SSSR count). The summed E-state index contributed by atoms with van der Waals surface area (Å²) in [5, 5.41) is 0. The third-order valence-electron chi connectivity index (χ3n) is 5.35. The lowest BCUT2D eigenvalue weighted by atomic mass is 9.75. The summed E-state index contributed by atoms with van der Waals surface area (Å²) < 4.78 is 0. The zero-order valence-corrected chi connectivity index (χ0v) is 12.6. The molecule has 2 aliphatic rings. The van der Waals surface area contributed by atoms with Gasteiger partial charge < -0.3 is 10.6 Å². The second-order valence-electron chi connectivity index (χ2n) is 7.63. The summed E-state index contributed by atoms with van der Waals surface area (Å²) in [5.41, 5.74) is 6.66. The SMILES string of the molecule is CC(C)(C)C1CCN(CCC2CCCC2N)CC1. The molecule has 2 unspecified atom stereocenters. The van der Waals surface area contributed by atoms with Gasteiger partial charge >= 0.3 is 0 Å². The minimum Gasteiger partial charge on any atom is -0.327 e. The molecule has 1 aliphatic heterocycles. The van der Waals surface area contributed by atoms with E-state index < -0.39 is 0 Å². The highest BCUT2D eigenvalue weighted by molar-refractivity contribution is 4.83. The number of hydrogen-bond acceptors (Lipinski definition) is 2. The van der Waals surface area contributed by atoms with Gasteiger partial charge in [0.05, 0.1) is 0 Å². The summed E-state index contributed by atoms with van der Waals surface area (Å²) in [5.74, 6) is 1.73. The summed E-state index contributed by atoms with van der Waals surface area (Å²) in [6.45, 7) is 11.1. The van der Waals surface area contributed by atoms with E-state index in [1.165, 1.54) is 58.2 Å². The zero-order valence-electron chi connectivity index (χ0n) is 12.6. The molecular formula is C16H32N2. The van der Waals surface area contributed by atoms with E-state index in [0.29, 0.717) is 11.5 Å². The van der Waals surface area contributed by atoms with E-state index in [-0.39, 0.29) is 0 Å². The molecule has 0 aromatic heterocycles. The third kappa shape index (κ3) is 3.71. The van der Waals surface area contributed by atoms with Gasteiger partial charge in [0, 0.05) is 6.04 Å². The van der Waals surface area contributed by atoms with E-state index in [2.05, 4.69) is 25.7 Å². The van der Waals surface area contributed by atoms with Gasteiger partial charge in [-0.15, -0.1) is 0 Å². The fourth-order valence-electron chi connectivity index (χ4n) is 3.79. The van der Waals surface area contributed by atoms with Crippen molar-refractivity contribution in [2.75, 3.05) is 19.6 Å². The Balaban J connectivity index is 1.67. The van der Waals surface area contributed by atoms with Gasteiger partial charge in [-0.3, -0.25) is 0 Å². The van der Waals surface area contributed by atoms with E-state index in [9.17, 15) is 0 Å². The second-order valence-corrected chi connectivity index (χ2v) is 7.63. The number of nitrogens with two attached hydrogens (primary N) is 1. The van der Waals surface area contributed by atoms with Gasteiger partial charge in [0.2, 0.25) is 0 Å². The number of likely N-dealkylation sites (tertiary alicyclic amines) is 1. The minimum absolute atomic E-state index is 0.497. The van der Waals surface area contributed by atoms with Crippen LogP contribution < -0.4 is 5.73 Å². The first-order valence-corrected chi connectivity index (χ1v) is 7.95. The largest absolute Gasteiger partial charge is 0.327 e. The normalized spacial score (nSPS) is 32.0. The molecule has 2 atom stereocenters. The van der Waals surface area contributed by atoms with Crippen molar-refractivity contribution in [3.8, 4) is 0 Å². The molecule has 0 aromatic carbocycles. The molecule has 0 spiro atoms. The van der Waals surface area contributed by atoms with Crippen molar-refractivity contribution < 1.29 is 0 Å². The molecule has 0 bridgehead atoms. The molecule has 18 heavy (non-hydrogen) atoms. The highest BCUT2D eigenvalue weighted by Gasteiger charge is 2.29. The van der Waals surface area contributed by atoms with Gasteiger partial charge in [0.25, 0.3) is 0 Å². The van der Waals surface area contributed by atoms with Gasteiger partial charge in [-0.05, 0) is 69.0 Å². The maximum absolute atomic E-state index is 6.16. The first kappa shape index (κ1) is 14.3. The van der Waals surface area contributed by atoms with Crippen LogP contribution in [0.3, 0.4) is 0 Å². The smallest absolute Gasteiger partial charge is 0.00676 e. The van der Waals surface area contributed by atoms with Gasteiger partial charge in [0.1, 0.15) is 0 Å². The van der Waals surface area contributed by atoms with Crippen LogP contribution in [-0.2, 0) is 0 Å². The standard InChI is InChI=1S/C16H32N2/c1-16(2,3)14-8-11-18(12-9-14)10-7-13-5-4-6-15(13)17/h13-15H,4-12,17H2,1-3H3. The van der Waals surface area contributed by atoms with E-state index >= 15 is 0 Å². The van der Waals surface area contributed by atoms with Crippen molar-refractivity contribution in [1.29, 1.82) is 0 Å². The zero-order chi connectivity index (χ0) is 13.2.